The maximum absolute atomic E-state index is 13.4. The lowest BCUT2D eigenvalue weighted by atomic mass is 10.0. The van der Waals surface area contributed by atoms with Crippen molar-refractivity contribution in [1.29, 1.82) is 0 Å². The molecule has 1 aliphatic rings. The van der Waals surface area contributed by atoms with E-state index in [1.807, 2.05) is 29.2 Å². The predicted molar refractivity (Wildman–Crippen MR) is 115 cm³/mol. The maximum atomic E-state index is 13.4. The summed E-state index contributed by atoms with van der Waals surface area (Å²) in [4.78, 5) is 19.5. The van der Waals surface area contributed by atoms with Crippen LogP contribution >= 0.6 is 11.3 Å². The van der Waals surface area contributed by atoms with E-state index in [0.717, 1.165) is 43.5 Å². The highest BCUT2D eigenvalue weighted by Gasteiger charge is 2.30. The number of anilines is 2. The minimum Gasteiger partial charge on any atom is -0.334 e. The summed E-state index contributed by atoms with van der Waals surface area (Å²) in [7, 11) is 0. The number of aromatic nitrogens is 3. The molecule has 3 aromatic rings. The van der Waals surface area contributed by atoms with Crippen LogP contribution in [0.5, 0.6) is 0 Å². The van der Waals surface area contributed by atoms with Gasteiger partial charge in [0.2, 0.25) is 11.0 Å². The molecule has 30 heavy (non-hydrogen) atoms. The van der Waals surface area contributed by atoms with Gasteiger partial charge in [-0.15, -0.1) is 10.2 Å². The second-order valence-corrected chi connectivity index (χ2v) is 8.33. The number of halogens is 1. The lowest BCUT2D eigenvalue weighted by molar-refractivity contribution is -0.132. The average molecular weight is 426 g/mol. The van der Waals surface area contributed by atoms with Gasteiger partial charge in [0.15, 0.2) is 0 Å². The SMILES string of the molecule is Cc1cc(CCCC(=O)N2CCCC2c2cccc(Nc3nncs3)n2)ccc1F. The fraction of sp³-hybridized carbons (Fsp3) is 0.364. The van der Waals surface area contributed by atoms with Crippen molar-refractivity contribution in [3.05, 3.63) is 64.5 Å². The molecule has 1 aromatic carbocycles. The van der Waals surface area contributed by atoms with Gasteiger partial charge in [-0.25, -0.2) is 9.37 Å². The molecule has 1 aliphatic heterocycles. The topological polar surface area (TPSA) is 71.0 Å². The van der Waals surface area contributed by atoms with Gasteiger partial charge in [-0.3, -0.25) is 4.79 Å². The highest BCUT2D eigenvalue weighted by molar-refractivity contribution is 7.13. The van der Waals surface area contributed by atoms with E-state index >= 15 is 0 Å². The monoisotopic (exact) mass is 425 g/mol. The van der Waals surface area contributed by atoms with Crippen LogP contribution in [0.4, 0.5) is 15.3 Å². The van der Waals surface area contributed by atoms with Crippen LogP contribution in [0.3, 0.4) is 0 Å². The normalized spacial score (nSPS) is 16.1. The molecule has 3 heterocycles. The average Bonchev–Trinajstić information content (AvgIpc) is 3.43. The predicted octanol–water partition coefficient (Wildman–Crippen LogP) is 4.81. The zero-order chi connectivity index (χ0) is 20.9. The number of benzene rings is 1. The number of pyridine rings is 1. The summed E-state index contributed by atoms with van der Waals surface area (Å²) in [6.07, 6.45) is 3.89. The van der Waals surface area contributed by atoms with Gasteiger partial charge in [0.05, 0.1) is 11.7 Å². The van der Waals surface area contributed by atoms with E-state index in [-0.39, 0.29) is 17.8 Å². The van der Waals surface area contributed by atoms with Gasteiger partial charge in [-0.2, -0.15) is 0 Å². The van der Waals surface area contributed by atoms with Gasteiger partial charge in [0, 0.05) is 13.0 Å². The Bertz CT molecular complexity index is 1010. The first kappa shape index (κ1) is 20.4. The first-order valence-electron chi connectivity index (χ1n) is 10.1. The molecule has 1 fully saturated rings. The summed E-state index contributed by atoms with van der Waals surface area (Å²) in [5.41, 5.74) is 4.27. The van der Waals surface area contributed by atoms with Crippen molar-refractivity contribution in [1.82, 2.24) is 20.1 Å². The van der Waals surface area contributed by atoms with E-state index < -0.39 is 0 Å². The van der Waals surface area contributed by atoms with Crippen LogP contribution < -0.4 is 5.32 Å². The number of rotatable bonds is 7. The Morgan fingerprint density at radius 2 is 2.23 bits per heavy atom. The van der Waals surface area contributed by atoms with Crippen LogP contribution in [-0.4, -0.2) is 32.5 Å². The van der Waals surface area contributed by atoms with Gasteiger partial charge >= 0.3 is 0 Å². The zero-order valence-electron chi connectivity index (χ0n) is 16.8. The Balaban J connectivity index is 1.37. The third kappa shape index (κ3) is 4.81. The van der Waals surface area contributed by atoms with Crippen LogP contribution in [0.1, 0.15) is 48.5 Å². The molecule has 1 unspecified atom stereocenters. The van der Waals surface area contributed by atoms with Crippen molar-refractivity contribution in [2.24, 2.45) is 0 Å². The Labute approximate surface area is 179 Å². The molecule has 156 valence electrons. The molecule has 1 amide bonds. The van der Waals surface area contributed by atoms with Gasteiger partial charge < -0.3 is 10.2 Å². The standard InChI is InChI=1S/C22H24FN5OS/c1-15-13-16(10-11-17(15)23)5-2-9-21(29)28-12-4-7-19(28)18-6-3-8-20(25-18)26-22-27-24-14-30-22/h3,6,8,10-11,13-14,19H,2,4-5,7,9,12H2,1H3,(H,25,26,27). The summed E-state index contributed by atoms with van der Waals surface area (Å²) >= 11 is 1.41. The highest BCUT2D eigenvalue weighted by atomic mass is 32.1. The molecule has 1 N–H and O–H groups in total. The molecule has 6 nitrogen and oxygen atoms in total. The number of hydrogen-bond acceptors (Lipinski definition) is 6. The van der Waals surface area contributed by atoms with Gasteiger partial charge in [0.1, 0.15) is 17.1 Å². The number of carbonyl (C=O) groups excluding carboxylic acids is 1. The van der Waals surface area contributed by atoms with E-state index in [9.17, 15) is 9.18 Å². The third-order valence-corrected chi connectivity index (χ3v) is 5.97. The number of nitrogens with zero attached hydrogens (tertiary/aromatic N) is 4. The van der Waals surface area contributed by atoms with Crippen molar-refractivity contribution in [2.75, 3.05) is 11.9 Å². The summed E-state index contributed by atoms with van der Waals surface area (Å²) in [5.74, 6) is 0.668. The Hall–Kier alpha value is -2.87. The molecule has 1 saturated heterocycles. The smallest absolute Gasteiger partial charge is 0.223 e. The van der Waals surface area contributed by atoms with Crippen molar-refractivity contribution in [3.8, 4) is 0 Å². The number of nitrogens with one attached hydrogen (secondary N) is 1. The van der Waals surface area contributed by atoms with Crippen LogP contribution in [0, 0.1) is 12.7 Å². The number of amides is 1. The first-order chi connectivity index (χ1) is 14.6. The van der Waals surface area contributed by atoms with Crippen LogP contribution in [-0.2, 0) is 11.2 Å². The quantitative estimate of drug-likeness (QED) is 0.588. The summed E-state index contributed by atoms with van der Waals surface area (Å²) in [6.45, 7) is 2.52. The van der Waals surface area contributed by atoms with Gasteiger partial charge in [-0.1, -0.05) is 29.5 Å². The first-order valence-corrected chi connectivity index (χ1v) is 11.0. The van der Waals surface area contributed by atoms with Crippen molar-refractivity contribution in [2.45, 2.75) is 45.1 Å². The van der Waals surface area contributed by atoms with E-state index in [0.29, 0.717) is 22.9 Å². The minimum absolute atomic E-state index is 0.00161. The summed E-state index contributed by atoms with van der Waals surface area (Å²) < 4.78 is 13.4. The molecular formula is C22H24FN5OS. The molecule has 0 radical (unpaired) electrons. The molecule has 1 atom stereocenters. The fourth-order valence-corrected chi connectivity index (χ4v) is 4.32. The summed E-state index contributed by atoms with van der Waals surface area (Å²) in [5, 5.41) is 11.6. The van der Waals surface area contributed by atoms with Crippen LogP contribution in [0.15, 0.2) is 41.9 Å². The largest absolute Gasteiger partial charge is 0.334 e. The van der Waals surface area contributed by atoms with Gasteiger partial charge in [-0.05, 0) is 61.9 Å². The Morgan fingerprint density at radius 1 is 1.33 bits per heavy atom. The maximum Gasteiger partial charge on any atom is 0.223 e. The van der Waals surface area contributed by atoms with Crippen LogP contribution in [0.2, 0.25) is 0 Å². The lowest BCUT2D eigenvalue weighted by Crippen LogP contribution is -2.30. The molecule has 8 heteroatoms. The van der Waals surface area contributed by atoms with E-state index in [2.05, 4.69) is 15.5 Å². The highest BCUT2D eigenvalue weighted by Crippen LogP contribution is 2.32. The molecule has 2 aromatic heterocycles. The second kappa shape index (κ2) is 9.30. The number of carbonyl (C=O) groups is 1. The van der Waals surface area contributed by atoms with Crippen molar-refractivity contribution < 1.29 is 9.18 Å². The van der Waals surface area contributed by atoms with Gasteiger partial charge in [0.25, 0.3) is 0 Å². The molecular weight excluding hydrogens is 401 g/mol. The lowest BCUT2D eigenvalue weighted by Gasteiger charge is -2.24. The van der Waals surface area contributed by atoms with E-state index in [1.165, 1.54) is 17.4 Å². The number of likely N-dealkylation sites (tertiary alicyclic amines) is 1. The molecule has 0 bridgehead atoms. The minimum atomic E-state index is -0.190. The van der Waals surface area contributed by atoms with Crippen LogP contribution in [0.25, 0.3) is 0 Å². The number of aryl methyl sites for hydroxylation is 2. The zero-order valence-corrected chi connectivity index (χ0v) is 17.7. The fourth-order valence-electron chi connectivity index (χ4n) is 3.87. The number of hydrogen-bond donors (Lipinski definition) is 1. The second-order valence-electron chi connectivity index (χ2n) is 7.50. The molecule has 0 saturated carbocycles. The van der Waals surface area contributed by atoms with E-state index in [1.54, 1.807) is 18.5 Å². The van der Waals surface area contributed by atoms with Crippen molar-refractivity contribution >= 4 is 28.2 Å². The van der Waals surface area contributed by atoms with Crippen molar-refractivity contribution in [3.63, 3.8) is 0 Å². The Kier molecular flexibility index (Phi) is 6.32. The molecule has 0 aliphatic carbocycles. The Morgan fingerprint density at radius 3 is 3.03 bits per heavy atom. The van der Waals surface area contributed by atoms with E-state index in [4.69, 9.17) is 4.98 Å². The molecule has 0 spiro atoms. The summed E-state index contributed by atoms with van der Waals surface area (Å²) in [6, 6.07) is 11.0. The third-order valence-electron chi connectivity index (χ3n) is 5.36. The molecule has 4 rings (SSSR count).